The van der Waals surface area contributed by atoms with Gasteiger partial charge in [0.15, 0.2) is 0 Å². The Morgan fingerprint density at radius 2 is 2.12 bits per heavy atom. The van der Waals surface area contributed by atoms with Crippen molar-refractivity contribution in [2.75, 3.05) is 19.3 Å². The lowest BCUT2D eigenvalue weighted by Crippen LogP contribution is -2.28. The van der Waals surface area contributed by atoms with Gasteiger partial charge in [0.2, 0.25) is 10.0 Å². The molecule has 0 amide bonds. The third kappa shape index (κ3) is 2.96. The quantitative estimate of drug-likeness (QED) is 0.814. The summed E-state index contributed by atoms with van der Waals surface area (Å²) in [7, 11) is -2.07. The molecule has 0 fully saturated rings. The Morgan fingerprint density at radius 3 is 2.65 bits per heavy atom. The molecule has 6 heteroatoms. The van der Waals surface area contributed by atoms with Gasteiger partial charge in [-0.15, -0.1) is 0 Å². The van der Waals surface area contributed by atoms with Gasteiger partial charge in [-0.1, -0.05) is 0 Å². The SMILES string of the molecule is Cc1cc(N)ccc1S(=O)(=O)N(C)CCC#N. The summed E-state index contributed by atoms with van der Waals surface area (Å²) in [5.41, 5.74) is 6.71. The molecule has 0 radical (unpaired) electrons. The predicted molar refractivity (Wildman–Crippen MR) is 65.6 cm³/mol. The summed E-state index contributed by atoms with van der Waals surface area (Å²) in [5.74, 6) is 0. The molecular formula is C11H15N3O2S. The van der Waals surface area contributed by atoms with E-state index in [1.807, 2.05) is 6.07 Å². The minimum atomic E-state index is -3.53. The number of benzene rings is 1. The molecule has 0 aliphatic carbocycles. The molecule has 17 heavy (non-hydrogen) atoms. The van der Waals surface area contributed by atoms with Crippen LogP contribution >= 0.6 is 0 Å². The van der Waals surface area contributed by atoms with Gasteiger partial charge in [-0.3, -0.25) is 0 Å². The van der Waals surface area contributed by atoms with Gasteiger partial charge in [-0.05, 0) is 30.7 Å². The van der Waals surface area contributed by atoms with E-state index < -0.39 is 10.0 Å². The fourth-order valence-electron chi connectivity index (χ4n) is 1.46. The van der Waals surface area contributed by atoms with Crippen molar-refractivity contribution in [1.82, 2.24) is 4.31 Å². The molecule has 5 nitrogen and oxygen atoms in total. The van der Waals surface area contributed by atoms with E-state index in [-0.39, 0.29) is 17.9 Å². The maximum atomic E-state index is 12.1. The first kappa shape index (κ1) is 13.5. The van der Waals surface area contributed by atoms with Crippen molar-refractivity contribution in [3.05, 3.63) is 23.8 Å². The molecular weight excluding hydrogens is 238 g/mol. The Hall–Kier alpha value is -1.58. The summed E-state index contributed by atoms with van der Waals surface area (Å²) in [6.45, 7) is 1.88. The molecule has 0 atom stereocenters. The zero-order chi connectivity index (χ0) is 13.1. The van der Waals surface area contributed by atoms with E-state index in [0.717, 1.165) is 0 Å². The molecule has 0 saturated heterocycles. The van der Waals surface area contributed by atoms with Crippen LogP contribution in [-0.2, 0) is 10.0 Å². The van der Waals surface area contributed by atoms with Crippen LogP contribution in [0.1, 0.15) is 12.0 Å². The van der Waals surface area contributed by atoms with Crippen molar-refractivity contribution in [2.24, 2.45) is 0 Å². The number of hydrogen-bond donors (Lipinski definition) is 1. The van der Waals surface area contributed by atoms with Gasteiger partial charge in [0, 0.05) is 25.7 Å². The van der Waals surface area contributed by atoms with E-state index in [2.05, 4.69) is 0 Å². The highest BCUT2D eigenvalue weighted by Gasteiger charge is 2.22. The lowest BCUT2D eigenvalue weighted by molar-refractivity contribution is 0.476. The molecule has 1 aromatic rings. The Bertz CT molecular complexity index is 546. The standard InChI is InChI=1S/C11H15N3O2S/c1-9-8-10(13)4-5-11(9)17(15,16)14(2)7-3-6-12/h4-5,8H,3,7,13H2,1-2H3. The molecule has 0 aliphatic rings. The molecule has 1 rings (SSSR count). The molecule has 0 saturated carbocycles. The predicted octanol–water partition coefficient (Wildman–Crippen LogP) is 1.11. The highest BCUT2D eigenvalue weighted by molar-refractivity contribution is 7.89. The van der Waals surface area contributed by atoms with Crippen LogP contribution in [0.5, 0.6) is 0 Å². The number of nitrogens with two attached hydrogens (primary N) is 1. The minimum Gasteiger partial charge on any atom is -0.399 e. The molecule has 0 aromatic heterocycles. The van der Waals surface area contributed by atoms with E-state index in [0.29, 0.717) is 11.3 Å². The molecule has 0 heterocycles. The first-order valence-corrected chi connectivity index (χ1v) is 6.53. The maximum Gasteiger partial charge on any atom is 0.243 e. The van der Waals surface area contributed by atoms with Gasteiger partial charge >= 0.3 is 0 Å². The van der Waals surface area contributed by atoms with Crippen molar-refractivity contribution in [3.8, 4) is 6.07 Å². The molecule has 0 bridgehead atoms. The van der Waals surface area contributed by atoms with Crippen molar-refractivity contribution in [1.29, 1.82) is 5.26 Å². The van der Waals surface area contributed by atoms with Crippen molar-refractivity contribution < 1.29 is 8.42 Å². The zero-order valence-corrected chi connectivity index (χ0v) is 10.7. The third-order valence-electron chi connectivity index (χ3n) is 2.43. The number of rotatable bonds is 4. The van der Waals surface area contributed by atoms with E-state index >= 15 is 0 Å². The first-order chi connectivity index (χ1) is 7.89. The summed E-state index contributed by atoms with van der Waals surface area (Å²) in [5, 5.41) is 8.45. The fraction of sp³-hybridized carbons (Fsp3) is 0.364. The lowest BCUT2D eigenvalue weighted by Gasteiger charge is -2.17. The summed E-state index contributed by atoms with van der Waals surface area (Å²) < 4.78 is 25.5. The van der Waals surface area contributed by atoms with Crippen LogP contribution in [0.15, 0.2) is 23.1 Å². The van der Waals surface area contributed by atoms with Crippen molar-refractivity contribution >= 4 is 15.7 Å². The van der Waals surface area contributed by atoms with E-state index in [4.69, 9.17) is 11.0 Å². The van der Waals surface area contributed by atoms with Crippen LogP contribution in [0, 0.1) is 18.3 Å². The van der Waals surface area contributed by atoms with E-state index in [9.17, 15) is 8.42 Å². The second-order valence-corrected chi connectivity index (χ2v) is 5.77. The second-order valence-electron chi connectivity index (χ2n) is 3.76. The number of nitrogens with zero attached hydrogens (tertiary/aromatic N) is 2. The van der Waals surface area contributed by atoms with Crippen LogP contribution in [-0.4, -0.2) is 26.3 Å². The Kier molecular flexibility index (Phi) is 4.10. The van der Waals surface area contributed by atoms with Gasteiger partial charge in [-0.25, -0.2) is 8.42 Å². The summed E-state index contributed by atoms with van der Waals surface area (Å²) in [6.07, 6.45) is 0.170. The van der Waals surface area contributed by atoms with Gasteiger partial charge in [0.25, 0.3) is 0 Å². The average Bonchev–Trinajstić information content (AvgIpc) is 2.25. The number of sulfonamides is 1. The smallest absolute Gasteiger partial charge is 0.243 e. The summed E-state index contributed by atoms with van der Waals surface area (Å²) in [6, 6.07) is 6.58. The number of nitrogen functional groups attached to an aromatic ring is 1. The zero-order valence-electron chi connectivity index (χ0n) is 9.84. The number of anilines is 1. The Morgan fingerprint density at radius 1 is 1.47 bits per heavy atom. The topological polar surface area (TPSA) is 87.2 Å². The highest BCUT2D eigenvalue weighted by atomic mass is 32.2. The van der Waals surface area contributed by atoms with Crippen LogP contribution in [0.3, 0.4) is 0 Å². The largest absolute Gasteiger partial charge is 0.399 e. The Balaban J connectivity index is 3.09. The lowest BCUT2D eigenvalue weighted by atomic mass is 10.2. The highest BCUT2D eigenvalue weighted by Crippen LogP contribution is 2.21. The number of nitriles is 1. The van der Waals surface area contributed by atoms with E-state index in [1.54, 1.807) is 19.1 Å². The first-order valence-electron chi connectivity index (χ1n) is 5.09. The van der Waals surface area contributed by atoms with Gasteiger partial charge in [0.05, 0.1) is 11.0 Å². The summed E-state index contributed by atoms with van der Waals surface area (Å²) in [4.78, 5) is 0.229. The van der Waals surface area contributed by atoms with Crippen LogP contribution in [0.2, 0.25) is 0 Å². The monoisotopic (exact) mass is 253 g/mol. The molecule has 2 N–H and O–H groups in total. The molecule has 1 aromatic carbocycles. The number of hydrogen-bond acceptors (Lipinski definition) is 4. The van der Waals surface area contributed by atoms with Gasteiger partial charge in [0.1, 0.15) is 0 Å². The summed E-state index contributed by atoms with van der Waals surface area (Å²) >= 11 is 0. The van der Waals surface area contributed by atoms with Crippen LogP contribution in [0.25, 0.3) is 0 Å². The molecule has 92 valence electrons. The third-order valence-corrected chi connectivity index (χ3v) is 4.44. The fourth-order valence-corrected chi connectivity index (χ4v) is 2.83. The van der Waals surface area contributed by atoms with Gasteiger partial charge in [-0.2, -0.15) is 9.57 Å². The van der Waals surface area contributed by atoms with E-state index in [1.165, 1.54) is 17.4 Å². The minimum absolute atomic E-state index is 0.170. The van der Waals surface area contributed by atoms with Crippen LogP contribution < -0.4 is 5.73 Å². The Labute approximate surface area is 102 Å². The molecule has 0 aliphatic heterocycles. The average molecular weight is 253 g/mol. The van der Waals surface area contributed by atoms with Gasteiger partial charge < -0.3 is 5.73 Å². The normalized spacial score (nSPS) is 11.4. The van der Waals surface area contributed by atoms with Crippen molar-refractivity contribution in [3.63, 3.8) is 0 Å². The van der Waals surface area contributed by atoms with Crippen molar-refractivity contribution in [2.45, 2.75) is 18.2 Å². The second kappa shape index (κ2) is 5.17. The number of aryl methyl sites for hydroxylation is 1. The maximum absolute atomic E-state index is 12.1. The van der Waals surface area contributed by atoms with Crippen LogP contribution in [0.4, 0.5) is 5.69 Å². The molecule has 0 unspecified atom stereocenters. The molecule has 0 spiro atoms.